The van der Waals surface area contributed by atoms with Crippen LogP contribution in [0.5, 0.6) is 17.2 Å². The highest BCUT2D eigenvalue weighted by molar-refractivity contribution is 5.63. The van der Waals surface area contributed by atoms with E-state index in [4.69, 9.17) is 37.9 Å². The highest BCUT2D eigenvalue weighted by Gasteiger charge is 2.80. The quantitative estimate of drug-likeness (QED) is 0.200. The molecule has 3 unspecified atom stereocenters. The Hall–Kier alpha value is -2.40. The first-order valence-electron chi connectivity index (χ1n) is 18.2. The van der Waals surface area contributed by atoms with Crippen LogP contribution in [0.2, 0.25) is 0 Å². The van der Waals surface area contributed by atoms with Crippen LogP contribution in [0.15, 0.2) is 36.4 Å². The molecule has 2 heterocycles. The van der Waals surface area contributed by atoms with Crippen LogP contribution in [-0.4, -0.2) is 103 Å². The van der Waals surface area contributed by atoms with Gasteiger partial charge in [0, 0.05) is 49.1 Å². The molecule has 4 saturated carbocycles. The van der Waals surface area contributed by atoms with E-state index in [1.807, 2.05) is 19.2 Å². The Morgan fingerprint density at radius 2 is 1.65 bits per heavy atom. The first kappa shape index (κ1) is 32.8. The van der Waals surface area contributed by atoms with Crippen LogP contribution in [0, 0.1) is 17.3 Å². The van der Waals surface area contributed by atoms with Crippen LogP contribution < -0.4 is 14.2 Å². The third-order valence-corrected chi connectivity index (χ3v) is 12.8. The van der Waals surface area contributed by atoms with E-state index < -0.39 is 0 Å². The summed E-state index contributed by atoms with van der Waals surface area (Å²) in [6, 6.07) is 13.2. The van der Waals surface area contributed by atoms with Gasteiger partial charge < -0.3 is 37.9 Å². The van der Waals surface area contributed by atoms with E-state index in [2.05, 4.69) is 29.2 Å². The van der Waals surface area contributed by atoms with E-state index in [1.165, 1.54) is 36.9 Å². The molecule has 0 radical (unpaired) electrons. The van der Waals surface area contributed by atoms with Gasteiger partial charge in [-0.2, -0.15) is 0 Å². The Morgan fingerprint density at radius 3 is 2.40 bits per heavy atom. The minimum Gasteiger partial charge on any atom is -0.493 e. The van der Waals surface area contributed by atoms with Gasteiger partial charge in [0.25, 0.3) is 0 Å². The minimum absolute atomic E-state index is 0.0226. The van der Waals surface area contributed by atoms with Crippen molar-refractivity contribution in [1.29, 1.82) is 0 Å². The van der Waals surface area contributed by atoms with Crippen LogP contribution >= 0.6 is 0 Å². The average Bonchev–Trinajstić information content (AvgIpc) is 3.86. The van der Waals surface area contributed by atoms with E-state index in [1.54, 1.807) is 14.2 Å². The first-order valence-corrected chi connectivity index (χ1v) is 18.2. The second kappa shape index (κ2) is 13.4. The largest absolute Gasteiger partial charge is 0.493 e. The summed E-state index contributed by atoms with van der Waals surface area (Å²) >= 11 is 0. The molecule has 5 fully saturated rings. The summed E-state index contributed by atoms with van der Waals surface area (Å²) in [5.41, 5.74) is 3.80. The maximum absolute atomic E-state index is 7.18. The van der Waals surface area contributed by atoms with Gasteiger partial charge in [0.05, 0.1) is 53.4 Å². The van der Waals surface area contributed by atoms with Gasteiger partial charge in [-0.25, -0.2) is 0 Å². The number of likely N-dealkylation sites (tertiary alicyclic amines) is 1. The number of nitrogens with zero attached hydrogens (tertiary/aromatic N) is 1. The van der Waals surface area contributed by atoms with E-state index in [-0.39, 0.29) is 28.5 Å². The van der Waals surface area contributed by atoms with Gasteiger partial charge in [0.2, 0.25) is 0 Å². The lowest BCUT2D eigenvalue weighted by Gasteiger charge is -2.74. The number of hydrogen-bond donors (Lipinski definition) is 0. The number of methoxy groups -OCH3 is 3. The molecule has 262 valence electrons. The summed E-state index contributed by atoms with van der Waals surface area (Å²) in [7, 11) is 5.35. The van der Waals surface area contributed by atoms with E-state index in [0.717, 1.165) is 61.0 Å². The normalized spacial score (nSPS) is 32.6. The number of rotatable bonds is 18. The lowest BCUT2D eigenvalue weighted by atomic mass is 9.35. The molecule has 7 aliphatic rings. The standard InChI is InChI=1S/C39H53NO8/c1-41-16-17-44-18-19-45-20-21-47-31-9-6-28(7-10-31)25-46-26-30-23-37-12-13-39(30,43-3)36-38(37)14-15-40(24-27-4-5-27)33(37)22-29-8-11-32(42-2)35(48-36)34(29)38/h6-11,27,30,33,36H,4-5,12-26H2,1-3H3/t30-,33-,36-,37?,38?,39?/m1/s1. The zero-order valence-corrected chi connectivity index (χ0v) is 29.0. The maximum atomic E-state index is 7.18. The molecular weight excluding hydrogens is 610 g/mol. The van der Waals surface area contributed by atoms with E-state index in [0.29, 0.717) is 58.9 Å². The summed E-state index contributed by atoms with van der Waals surface area (Å²) in [6.45, 7) is 6.92. The molecule has 2 aromatic rings. The lowest BCUT2D eigenvalue weighted by molar-refractivity contribution is -0.283. The van der Waals surface area contributed by atoms with Crippen LogP contribution in [0.25, 0.3) is 0 Å². The second-order valence-corrected chi connectivity index (χ2v) is 14.9. The maximum Gasteiger partial charge on any atom is 0.165 e. The molecule has 0 aromatic heterocycles. The Labute approximate surface area is 285 Å². The third kappa shape index (κ3) is 5.26. The van der Waals surface area contributed by atoms with Crippen LogP contribution in [0.1, 0.15) is 55.2 Å². The summed E-state index contributed by atoms with van der Waals surface area (Å²) < 4.78 is 48.2. The summed E-state index contributed by atoms with van der Waals surface area (Å²) in [5, 5.41) is 0. The van der Waals surface area contributed by atoms with Crippen molar-refractivity contribution < 1.29 is 37.9 Å². The van der Waals surface area contributed by atoms with Gasteiger partial charge in [0.15, 0.2) is 11.5 Å². The molecule has 2 spiro atoms. The molecule has 48 heavy (non-hydrogen) atoms. The average molecular weight is 664 g/mol. The summed E-state index contributed by atoms with van der Waals surface area (Å²) in [5.74, 6) is 3.83. The fourth-order valence-corrected chi connectivity index (χ4v) is 10.6. The van der Waals surface area contributed by atoms with Gasteiger partial charge in [-0.05, 0) is 86.7 Å². The van der Waals surface area contributed by atoms with Gasteiger partial charge >= 0.3 is 0 Å². The van der Waals surface area contributed by atoms with Crippen LogP contribution in [-0.2, 0) is 42.1 Å². The smallest absolute Gasteiger partial charge is 0.165 e. The van der Waals surface area contributed by atoms with Crippen molar-refractivity contribution in [2.24, 2.45) is 17.3 Å². The Balaban J connectivity index is 0.939. The van der Waals surface area contributed by atoms with E-state index in [9.17, 15) is 0 Å². The van der Waals surface area contributed by atoms with Crippen molar-refractivity contribution in [3.8, 4) is 17.2 Å². The second-order valence-electron chi connectivity index (χ2n) is 14.9. The molecule has 9 rings (SSSR count). The first-order chi connectivity index (χ1) is 23.6. The third-order valence-electron chi connectivity index (χ3n) is 12.8. The Kier molecular flexibility index (Phi) is 9.14. The van der Waals surface area contributed by atoms with Gasteiger partial charge in [-0.3, -0.25) is 4.90 Å². The monoisotopic (exact) mass is 663 g/mol. The molecule has 2 aromatic carbocycles. The molecule has 9 nitrogen and oxygen atoms in total. The van der Waals surface area contributed by atoms with Gasteiger partial charge in [-0.15, -0.1) is 0 Å². The number of ether oxygens (including phenoxy) is 8. The van der Waals surface area contributed by atoms with Crippen molar-refractivity contribution in [2.45, 2.75) is 74.7 Å². The summed E-state index contributed by atoms with van der Waals surface area (Å²) in [4.78, 5) is 2.89. The predicted molar refractivity (Wildman–Crippen MR) is 180 cm³/mol. The fraction of sp³-hybridized carbons (Fsp3) is 0.692. The molecular formula is C39H53NO8. The van der Waals surface area contributed by atoms with Crippen LogP contribution in [0.4, 0.5) is 0 Å². The SMILES string of the molecule is COCCOCCOCCOc1ccc(COC[C@H]2CC34CCC2(OC)[C@@H]2Oc5c(OC)ccc6c5C23CCN(CC2CC2)[C@@H]4C6)cc1. The van der Waals surface area contributed by atoms with E-state index >= 15 is 0 Å². The van der Waals surface area contributed by atoms with Gasteiger partial charge in [0.1, 0.15) is 24.1 Å². The molecule has 4 bridgehead atoms. The predicted octanol–water partition coefficient (Wildman–Crippen LogP) is 5.19. The molecule has 0 amide bonds. The molecule has 2 aliphatic heterocycles. The number of benzene rings is 2. The van der Waals surface area contributed by atoms with Crippen molar-refractivity contribution in [3.05, 3.63) is 53.1 Å². The molecule has 6 atom stereocenters. The van der Waals surface area contributed by atoms with Crippen molar-refractivity contribution in [2.75, 3.05) is 80.7 Å². The zero-order valence-electron chi connectivity index (χ0n) is 29.0. The minimum atomic E-state index is -0.389. The zero-order chi connectivity index (χ0) is 32.8. The topological polar surface area (TPSA) is 77.1 Å². The number of piperidine rings is 1. The molecule has 9 heteroatoms. The fourth-order valence-electron chi connectivity index (χ4n) is 10.6. The highest BCUT2D eigenvalue weighted by atomic mass is 16.6. The number of hydrogen-bond acceptors (Lipinski definition) is 9. The summed E-state index contributed by atoms with van der Waals surface area (Å²) in [6.07, 6.45) is 8.32. The molecule has 1 saturated heterocycles. The van der Waals surface area contributed by atoms with Crippen molar-refractivity contribution in [1.82, 2.24) is 4.90 Å². The van der Waals surface area contributed by atoms with Crippen molar-refractivity contribution >= 4 is 0 Å². The Bertz CT molecular complexity index is 1430. The van der Waals surface area contributed by atoms with Crippen LogP contribution in [0.3, 0.4) is 0 Å². The lowest BCUT2D eigenvalue weighted by Crippen LogP contribution is -2.81. The Morgan fingerprint density at radius 1 is 0.854 bits per heavy atom. The molecule has 0 N–H and O–H groups in total. The van der Waals surface area contributed by atoms with Crippen molar-refractivity contribution in [3.63, 3.8) is 0 Å². The molecule has 5 aliphatic carbocycles. The highest BCUT2D eigenvalue weighted by Crippen LogP contribution is 2.76. The number of fused-ring (bicyclic) bond motifs is 2. The van der Waals surface area contributed by atoms with Gasteiger partial charge in [-0.1, -0.05) is 18.2 Å².